The lowest BCUT2D eigenvalue weighted by Gasteiger charge is -2.42. The molecule has 0 fully saturated rings. The Morgan fingerprint density at radius 3 is 1.90 bits per heavy atom. The molecule has 5 nitrogen and oxygen atoms in total. The Hall–Kier alpha value is -7.76. The summed E-state index contributed by atoms with van der Waals surface area (Å²) in [7, 11) is 0. The van der Waals surface area contributed by atoms with Crippen LogP contribution in [-0.4, -0.2) is 23.7 Å². The van der Waals surface area contributed by atoms with Crippen LogP contribution in [0.4, 0.5) is 0 Å². The van der Waals surface area contributed by atoms with E-state index >= 15 is 0 Å². The molecule has 0 N–H and O–H groups in total. The average molecular weight is 936 g/mol. The van der Waals surface area contributed by atoms with Crippen molar-refractivity contribution in [2.75, 3.05) is 0 Å². The molecule has 0 spiro atoms. The highest BCUT2D eigenvalue weighted by Gasteiger charge is 2.40. The van der Waals surface area contributed by atoms with E-state index < -0.39 is 0 Å². The maximum Gasteiger partial charge on any atom is 0.145 e. The summed E-state index contributed by atoms with van der Waals surface area (Å²) in [6.45, 7) is 23.5. The zero-order valence-electron chi connectivity index (χ0n) is 43.2. The second-order valence-corrected chi connectivity index (χ2v) is 23.9. The molecule has 4 aromatic heterocycles. The van der Waals surface area contributed by atoms with Crippen molar-refractivity contribution in [3.8, 4) is 39.7 Å². The highest BCUT2D eigenvalue weighted by molar-refractivity contribution is 6.26. The molecule has 72 heavy (non-hydrogen) atoms. The molecule has 0 saturated heterocycles. The molecular formula is C67H61N5. The topological polar surface area (TPSA) is 40.6 Å². The fourth-order valence-corrected chi connectivity index (χ4v) is 12.7. The molecule has 12 aromatic rings. The summed E-state index contributed by atoms with van der Waals surface area (Å²) in [6, 6.07) is 63.2. The number of nitrogens with zero attached hydrogens (tertiary/aromatic N) is 5. The smallest absolute Gasteiger partial charge is 0.145 e. The molecule has 0 unspecified atom stereocenters. The maximum atomic E-state index is 5.46. The third kappa shape index (κ3) is 6.66. The van der Waals surface area contributed by atoms with Crippen LogP contribution in [0.5, 0.6) is 0 Å². The lowest BCUT2D eigenvalue weighted by molar-refractivity contribution is 0.341. The van der Waals surface area contributed by atoms with Crippen LogP contribution in [0, 0.1) is 0 Å². The van der Waals surface area contributed by atoms with Gasteiger partial charge in [0.2, 0.25) is 0 Å². The van der Waals surface area contributed by atoms with E-state index in [1.165, 1.54) is 71.2 Å². The Balaban J connectivity index is 1.10. The van der Waals surface area contributed by atoms with E-state index in [2.05, 4.69) is 253 Å². The molecular weight excluding hydrogens is 875 g/mol. The van der Waals surface area contributed by atoms with Gasteiger partial charge in [-0.1, -0.05) is 166 Å². The van der Waals surface area contributed by atoms with Gasteiger partial charge >= 0.3 is 0 Å². The van der Waals surface area contributed by atoms with Gasteiger partial charge in [0.1, 0.15) is 11.6 Å². The summed E-state index contributed by atoms with van der Waals surface area (Å²) < 4.78 is 7.31. The molecule has 1 aliphatic carbocycles. The van der Waals surface area contributed by atoms with Crippen molar-refractivity contribution < 1.29 is 0 Å². The van der Waals surface area contributed by atoms with Gasteiger partial charge in [-0.2, -0.15) is 0 Å². The number of fused-ring (bicyclic) bond motifs is 8. The summed E-state index contributed by atoms with van der Waals surface area (Å²) in [5, 5.41) is 7.69. The zero-order chi connectivity index (χ0) is 49.6. The molecule has 0 bridgehead atoms. The predicted molar refractivity (Wildman–Crippen MR) is 304 cm³/mol. The van der Waals surface area contributed by atoms with Crippen LogP contribution in [0.1, 0.15) is 97.9 Å². The van der Waals surface area contributed by atoms with Crippen molar-refractivity contribution in [2.45, 2.75) is 97.3 Å². The van der Waals surface area contributed by atoms with E-state index in [-0.39, 0.29) is 21.7 Å². The van der Waals surface area contributed by atoms with Gasteiger partial charge in [-0.05, 0) is 139 Å². The molecule has 0 amide bonds. The van der Waals surface area contributed by atoms with Crippen LogP contribution in [-0.2, 0) is 21.7 Å². The van der Waals surface area contributed by atoms with Crippen molar-refractivity contribution in [1.82, 2.24) is 23.7 Å². The highest BCUT2D eigenvalue weighted by atomic mass is 15.1. The summed E-state index contributed by atoms with van der Waals surface area (Å²) in [5.74, 6) is 1.84. The van der Waals surface area contributed by atoms with Crippen molar-refractivity contribution >= 4 is 65.4 Å². The van der Waals surface area contributed by atoms with E-state index in [9.17, 15) is 0 Å². The predicted octanol–water partition coefficient (Wildman–Crippen LogP) is 17.7. The molecule has 4 heterocycles. The fraction of sp³-hybridized carbons (Fsp3) is 0.224. The van der Waals surface area contributed by atoms with E-state index in [4.69, 9.17) is 9.97 Å². The minimum atomic E-state index is -0.0537. The third-order valence-electron chi connectivity index (χ3n) is 16.0. The minimum Gasteiger partial charge on any atom is -0.309 e. The van der Waals surface area contributed by atoms with Crippen LogP contribution < -0.4 is 0 Å². The second kappa shape index (κ2) is 15.4. The quantitative estimate of drug-likeness (QED) is 0.173. The Labute approximate surface area is 422 Å². The van der Waals surface area contributed by atoms with Gasteiger partial charge in [0.05, 0.1) is 38.8 Å². The Morgan fingerprint density at radius 2 is 1.11 bits per heavy atom. The normalized spacial score (nSPS) is 14.7. The largest absolute Gasteiger partial charge is 0.309 e. The number of hydrogen-bond donors (Lipinski definition) is 0. The van der Waals surface area contributed by atoms with Gasteiger partial charge in [-0.3, -0.25) is 9.13 Å². The molecule has 1 aliphatic rings. The van der Waals surface area contributed by atoms with Crippen LogP contribution in [0.2, 0.25) is 0 Å². The molecule has 8 aromatic carbocycles. The Kier molecular flexibility index (Phi) is 9.44. The molecule has 5 heteroatoms. The molecule has 0 aliphatic heterocycles. The first-order chi connectivity index (χ1) is 34.5. The first kappa shape index (κ1) is 44.2. The minimum absolute atomic E-state index is 0.0205. The van der Waals surface area contributed by atoms with Gasteiger partial charge < -0.3 is 4.57 Å². The van der Waals surface area contributed by atoms with Crippen LogP contribution in [0.15, 0.2) is 176 Å². The highest BCUT2D eigenvalue weighted by Crippen LogP contribution is 2.53. The summed E-state index contributed by atoms with van der Waals surface area (Å²) in [5.41, 5.74) is 17.6. The van der Waals surface area contributed by atoms with Gasteiger partial charge in [0, 0.05) is 44.6 Å². The van der Waals surface area contributed by atoms with Crippen LogP contribution in [0.3, 0.4) is 0 Å². The van der Waals surface area contributed by atoms with Crippen molar-refractivity contribution in [1.29, 1.82) is 0 Å². The van der Waals surface area contributed by atoms with Crippen molar-refractivity contribution in [3.63, 3.8) is 0 Å². The fourth-order valence-electron chi connectivity index (χ4n) is 12.7. The zero-order valence-corrected chi connectivity index (χ0v) is 43.2. The van der Waals surface area contributed by atoms with Crippen LogP contribution in [0.25, 0.3) is 105 Å². The molecule has 0 radical (unpaired) electrons. The number of pyridine rings is 1. The van der Waals surface area contributed by atoms with Gasteiger partial charge in [-0.25, -0.2) is 9.97 Å². The van der Waals surface area contributed by atoms with E-state index in [1.54, 1.807) is 0 Å². The first-order valence-corrected chi connectivity index (χ1v) is 25.7. The Bertz CT molecular complexity index is 4200. The SMILES string of the molecule is CC(C)(C)c1ccnc(-n2c3cc4c(cc3c3c5cccc6c5c(cc32)C(C)(C)CC6(C)C)c2ccccc2n4-c2cccc(-c3nc4ccccc4n3-c3ccc(C(C)(C)C)cc3-c3ccccc3)c2)c1. The van der Waals surface area contributed by atoms with E-state index in [1.807, 2.05) is 6.20 Å². The number of benzene rings is 8. The van der Waals surface area contributed by atoms with E-state index in [0.717, 1.165) is 62.6 Å². The summed E-state index contributed by atoms with van der Waals surface area (Å²) >= 11 is 0. The van der Waals surface area contributed by atoms with Gasteiger partial charge in [0.15, 0.2) is 0 Å². The molecule has 0 atom stereocenters. The van der Waals surface area contributed by atoms with Crippen molar-refractivity contribution in [2.24, 2.45) is 0 Å². The maximum absolute atomic E-state index is 5.46. The third-order valence-corrected chi connectivity index (χ3v) is 16.0. The first-order valence-electron chi connectivity index (χ1n) is 25.7. The van der Waals surface area contributed by atoms with Crippen LogP contribution >= 0.6 is 0 Å². The number of aromatic nitrogens is 5. The number of imidazole rings is 1. The summed E-state index contributed by atoms with van der Waals surface area (Å²) in [6.07, 6.45) is 3.07. The summed E-state index contributed by atoms with van der Waals surface area (Å²) in [4.78, 5) is 10.7. The number of hydrogen-bond acceptors (Lipinski definition) is 2. The molecule has 0 saturated carbocycles. The lowest BCUT2D eigenvalue weighted by Crippen LogP contribution is -2.34. The second-order valence-electron chi connectivity index (χ2n) is 23.9. The number of rotatable bonds is 5. The van der Waals surface area contributed by atoms with Crippen molar-refractivity contribution in [3.05, 3.63) is 198 Å². The van der Waals surface area contributed by atoms with E-state index in [0.29, 0.717) is 0 Å². The average Bonchev–Trinajstić information content (AvgIpc) is 4.02. The molecule has 13 rings (SSSR count). The van der Waals surface area contributed by atoms with Gasteiger partial charge in [0.25, 0.3) is 0 Å². The van der Waals surface area contributed by atoms with Gasteiger partial charge in [-0.15, -0.1) is 0 Å². The molecule has 354 valence electrons. The Morgan fingerprint density at radius 1 is 0.444 bits per heavy atom. The standard InChI is InChI=1S/C67H61N5/c1-64(2,3)43-30-31-55(48(35-43)41-20-12-11-13-21-41)72-56-29-17-15-27-53(56)69-63(72)42-22-18-23-45(34-42)70-54-28-16-14-24-46(54)49-37-50-58(39-57(49)70)71(60-36-44(32-33-68-60)65(4,5)6)59-38-52-62-47(61(50)59)25-19-26-51(62)66(7,8)40-67(52,9)10/h11-39H,40H2,1-10H3. The number of para-hydroxylation sites is 3. The lowest BCUT2D eigenvalue weighted by atomic mass is 9.61. The monoisotopic (exact) mass is 935 g/mol.